The molecule has 0 amide bonds. The van der Waals surface area contributed by atoms with Gasteiger partial charge in [-0.25, -0.2) is 0 Å². The van der Waals surface area contributed by atoms with E-state index in [2.05, 4.69) is 28.1 Å². The molecule has 1 N–H and O–H groups in total. The van der Waals surface area contributed by atoms with E-state index >= 15 is 0 Å². The Hall–Kier alpha value is -0.340. The molecule has 1 aromatic rings. The van der Waals surface area contributed by atoms with Gasteiger partial charge in [-0.3, -0.25) is 0 Å². The normalized spacial score (nSPS) is 12.8. The average Bonchev–Trinajstić information content (AvgIpc) is 2.16. The molecule has 0 saturated heterocycles. The summed E-state index contributed by atoms with van der Waals surface area (Å²) in [5.41, 5.74) is 1.33. The standard InChI is InChI=1S/C10H13BrO/c11-10(8-12)7-6-9-4-2-1-3-5-9/h1-5,10,12H,6-8H2/t10-/m0/s1. The largest absolute Gasteiger partial charge is 0.395 e. The molecule has 1 nitrogen and oxygen atoms in total. The molecule has 1 atom stereocenters. The van der Waals surface area contributed by atoms with Gasteiger partial charge in [0.2, 0.25) is 0 Å². The predicted molar refractivity (Wildman–Crippen MR) is 54.6 cm³/mol. The summed E-state index contributed by atoms with van der Waals surface area (Å²) in [5, 5.41) is 8.77. The van der Waals surface area contributed by atoms with E-state index < -0.39 is 0 Å². The molecular weight excluding hydrogens is 216 g/mol. The van der Waals surface area contributed by atoms with Gasteiger partial charge in [-0.2, -0.15) is 0 Å². The first-order chi connectivity index (χ1) is 5.83. The predicted octanol–water partition coefficient (Wildman–Crippen LogP) is 2.38. The highest BCUT2D eigenvalue weighted by atomic mass is 79.9. The van der Waals surface area contributed by atoms with Crippen molar-refractivity contribution in [2.24, 2.45) is 0 Å². The number of benzene rings is 1. The third-order valence-corrected chi connectivity index (χ3v) is 2.53. The van der Waals surface area contributed by atoms with Crippen LogP contribution in [0.2, 0.25) is 0 Å². The molecule has 0 heterocycles. The van der Waals surface area contributed by atoms with Gasteiger partial charge in [-0.1, -0.05) is 46.3 Å². The summed E-state index contributed by atoms with van der Waals surface area (Å²) < 4.78 is 0. The van der Waals surface area contributed by atoms with Crippen LogP contribution in [0.25, 0.3) is 0 Å². The highest BCUT2D eigenvalue weighted by Gasteiger charge is 2.01. The molecule has 0 radical (unpaired) electrons. The number of aliphatic hydroxyl groups excluding tert-OH is 1. The number of hydrogen-bond acceptors (Lipinski definition) is 1. The summed E-state index contributed by atoms with van der Waals surface area (Å²) in [6.45, 7) is 0.215. The molecule has 66 valence electrons. The van der Waals surface area contributed by atoms with Gasteiger partial charge in [0.1, 0.15) is 0 Å². The van der Waals surface area contributed by atoms with Crippen molar-refractivity contribution in [1.82, 2.24) is 0 Å². The van der Waals surface area contributed by atoms with Gasteiger partial charge in [0, 0.05) is 4.83 Å². The molecule has 0 aliphatic carbocycles. The first kappa shape index (κ1) is 9.75. The van der Waals surface area contributed by atoms with Gasteiger partial charge in [0.05, 0.1) is 6.61 Å². The first-order valence-corrected chi connectivity index (χ1v) is 5.03. The maximum atomic E-state index is 8.77. The number of aryl methyl sites for hydroxylation is 1. The van der Waals surface area contributed by atoms with Crippen LogP contribution in [0.4, 0.5) is 0 Å². The Morgan fingerprint density at radius 1 is 1.25 bits per heavy atom. The lowest BCUT2D eigenvalue weighted by molar-refractivity contribution is 0.292. The number of halogens is 1. The highest BCUT2D eigenvalue weighted by Crippen LogP contribution is 2.09. The van der Waals surface area contributed by atoms with Crippen LogP contribution in [0, 0.1) is 0 Å². The fourth-order valence-electron chi connectivity index (χ4n) is 1.06. The summed E-state index contributed by atoms with van der Waals surface area (Å²) in [6.07, 6.45) is 2.01. The van der Waals surface area contributed by atoms with Crippen LogP contribution in [0.15, 0.2) is 30.3 Å². The molecule has 0 saturated carbocycles. The van der Waals surface area contributed by atoms with Crippen LogP contribution in [-0.4, -0.2) is 16.5 Å². The fourth-order valence-corrected chi connectivity index (χ4v) is 1.29. The third kappa shape index (κ3) is 3.37. The van der Waals surface area contributed by atoms with Crippen molar-refractivity contribution in [3.05, 3.63) is 35.9 Å². The molecule has 12 heavy (non-hydrogen) atoms. The van der Waals surface area contributed by atoms with Gasteiger partial charge in [-0.05, 0) is 18.4 Å². The summed E-state index contributed by atoms with van der Waals surface area (Å²) in [7, 11) is 0. The van der Waals surface area contributed by atoms with Crippen LogP contribution in [0.1, 0.15) is 12.0 Å². The quantitative estimate of drug-likeness (QED) is 0.786. The van der Waals surface area contributed by atoms with E-state index in [1.54, 1.807) is 0 Å². The maximum absolute atomic E-state index is 8.77. The van der Waals surface area contributed by atoms with Crippen molar-refractivity contribution in [1.29, 1.82) is 0 Å². The van der Waals surface area contributed by atoms with Crippen molar-refractivity contribution in [3.8, 4) is 0 Å². The van der Waals surface area contributed by atoms with Gasteiger partial charge in [0.15, 0.2) is 0 Å². The van der Waals surface area contributed by atoms with E-state index in [0.717, 1.165) is 12.8 Å². The maximum Gasteiger partial charge on any atom is 0.0556 e. The lowest BCUT2D eigenvalue weighted by Crippen LogP contribution is -2.04. The fraction of sp³-hybridized carbons (Fsp3) is 0.400. The minimum Gasteiger partial charge on any atom is -0.395 e. The van der Waals surface area contributed by atoms with Crippen LogP contribution < -0.4 is 0 Å². The number of hydrogen-bond donors (Lipinski definition) is 1. The third-order valence-electron chi connectivity index (χ3n) is 1.79. The van der Waals surface area contributed by atoms with Gasteiger partial charge in [0.25, 0.3) is 0 Å². The Bertz CT molecular complexity index is 210. The highest BCUT2D eigenvalue weighted by molar-refractivity contribution is 9.09. The van der Waals surface area contributed by atoms with Crippen molar-refractivity contribution >= 4 is 15.9 Å². The van der Waals surface area contributed by atoms with Crippen molar-refractivity contribution in [2.45, 2.75) is 17.7 Å². The van der Waals surface area contributed by atoms with E-state index in [0.29, 0.717) is 0 Å². The molecule has 0 aliphatic heterocycles. The lowest BCUT2D eigenvalue weighted by atomic mass is 10.1. The Labute approximate surface area is 81.6 Å². The van der Waals surface area contributed by atoms with Crippen molar-refractivity contribution in [3.63, 3.8) is 0 Å². The number of rotatable bonds is 4. The van der Waals surface area contributed by atoms with Gasteiger partial charge < -0.3 is 5.11 Å². The van der Waals surface area contributed by atoms with Crippen LogP contribution in [0.3, 0.4) is 0 Å². The van der Waals surface area contributed by atoms with E-state index in [9.17, 15) is 0 Å². The Morgan fingerprint density at radius 3 is 2.50 bits per heavy atom. The lowest BCUT2D eigenvalue weighted by Gasteiger charge is -2.04. The summed E-state index contributed by atoms with van der Waals surface area (Å²) >= 11 is 3.38. The molecule has 0 fully saturated rings. The second-order valence-electron chi connectivity index (χ2n) is 2.80. The molecule has 0 bridgehead atoms. The molecule has 1 rings (SSSR count). The van der Waals surface area contributed by atoms with E-state index in [-0.39, 0.29) is 11.4 Å². The Balaban J connectivity index is 2.33. The summed E-state index contributed by atoms with van der Waals surface area (Å²) in [5.74, 6) is 0. The minimum atomic E-state index is 0.215. The van der Waals surface area contributed by atoms with Crippen LogP contribution in [0.5, 0.6) is 0 Å². The zero-order valence-electron chi connectivity index (χ0n) is 6.91. The number of aliphatic hydroxyl groups is 1. The van der Waals surface area contributed by atoms with Crippen LogP contribution in [-0.2, 0) is 6.42 Å². The molecule has 0 unspecified atom stereocenters. The van der Waals surface area contributed by atoms with Crippen molar-refractivity contribution in [2.75, 3.05) is 6.61 Å². The summed E-state index contributed by atoms with van der Waals surface area (Å²) in [6, 6.07) is 10.3. The Morgan fingerprint density at radius 2 is 1.92 bits per heavy atom. The molecule has 0 aromatic heterocycles. The topological polar surface area (TPSA) is 20.2 Å². The zero-order chi connectivity index (χ0) is 8.81. The molecule has 0 spiro atoms. The van der Waals surface area contributed by atoms with Gasteiger partial charge in [-0.15, -0.1) is 0 Å². The number of alkyl halides is 1. The molecule has 0 aliphatic rings. The summed E-state index contributed by atoms with van der Waals surface area (Å²) in [4.78, 5) is 0.234. The molecular formula is C10H13BrO. The van der Waals surface area contributed by atoms with Crippen LogP contribution >= 0.6 is 15.9 Å². The second-order valence-corrected chi connectivity index (χ2v) is 4.10. The monoisotopic (exact) mass is 228 g/mol. The minimum absolute atomic E-state index is 0.215. The van der Waals surface area contributed by atoms with Gasteiger partial charge >= 0.3 is 0 Å². The molecule has 1 aromatic carbocycles. The Kier molecular flexibility index (Phi) is 4.33. The first-order valence-electron chi connectivity index (χ1n) is 4.12. The van der Waals surface area contributed by atoms with E-state index in [1.807, 2.05) is 18.2 Å². The van der Waals surface area contributed by atoms with E-state index in [4.69, 9.17) is 5.11 Å². The second kappa shape index (κ2) is 5.33. The zero-order valence-corrected chi connectivity index (χ0v) is 8.50. The average molecular weight is 229 g/mol. The SMILES string of the molecule is OC[C@@H](Br)CCc1ccccc1. The smallest absolute Gasteiger partial charge is 0.0556 e. The van der Waals surface area contributed by atoms with Crippen molar-refractivity contribution < 1.29 is 5.11 Å². The van der Waals surface area contributed by atoms with E-state index in [1.165, 1.54) is 5.56 Å². The molecule has 2 heteroatoms.